The zero-order valence-corrected chi connectivity index (χ0v) is 14.6. The number of anilines is 2. The molecule has 0 aliphatic heterocycles. The number of carboxylic acids is 1. The Kier molecular flexibility index (Phi) is 5.12. The van der Waals surface area contributed by atoms with Crippen molar-refractivity contribution in [2.45, 2.75) is 13.3 Å². The molecule has 3 rings (SSSR count). The lowest BCUT2D eigenvalue weighted by Crippen LogP contribution is -2.03. The molecular weight excluding hydrogens is 330 g/mol. The molecule has 2 N–H and O–H groups in total. The highest BCUT2D eigenvalue weighted by Gasteiger charge is 2.11. The lowest BCUT2D eigenvalue weighted by molar-refractivity contribution is 0.0696. The van der Waals surface area contributed by atoms with Gasteiger partial charge in [0.15, 0.2) is 0 Å². The van der Waals surface area contributed by atoms with Crippen LogP contribution in [0.1, 0.15) is 22.8 Å². The van der Waals surface area contributed by atoms with Crippen molar-refractivity contribution in [3.05, 3.63) is 66.0 Å². The fourth-order valence-corrected chi connectivity index (χ4v) is 2.74. The normalized spacial score (nSPS) is 10.4. The summed E-state index contributed by atoms with van der Waals surface area (Å²) < 4.78 is 5.38. The van der Waals surface area contributed by atoms with Crippen LogP contribution in [0.25, 0.3) is 11.3 Å². The highest BCUT2D eigenvalue weighted by atomic mass is 16.5. The van der Waals surface area contributed by atoms with Gasteiger partial charge in [0, 0.05) is 17.3 Å². The van der Waals surface area contributed by atoms with E-state index in [2.05, 4.69) is 15.3 Å². The summed E-state index contributed by atoms with van der Waals surface area (Å²) in [7, 11) is 1.61. The standard InChI is InChI=1S/C20H19N3O3/c1-3-13-8-9-14(10-16(13)20(24)25)23-19-11-17(21-12-22-19)15-6-4-5-7-18(15)26-2/h4-12H,3H2,1-2H3,(H,24,25)(H,21,22,23). The van der Waals surface area contributed by atoms with Crippen molar-refractivity contribution in [3.8, 4) is 17.0 Å². The number of carbonyl (C=O) groups is 1. The van der Waals surface area contributed by atoms with E-state index in [1.807, 2.05) is 43.3 Å². The smallest absolute Gasteiger partial charge is 0.336 e. The van der Waals surface area contributed by atoms with Crippen LogP contribution >= 0.6 is 0 Å². The third-order valence-corrected chi connectivity index (χ3v) is 4.04. The number of hydrogen-bond donors (Lipinski definition) is 2. The zero-order valence-electron chi connectivity index (χ0n) is 14.6. The maximum absolute atomic E-state index is 11.4. The van der Waals surface area contributed by atoms with Gasteiger partial charge in [0.25, 0.3) is 0 Å². The minimum atomic E-state index is -0.942. The minimum Gasteiger partial charge on any atom is -0.496 e. The number of para-hydroxylation sites is 1. The van der Waals surface area contributed by atoms with Crippen LogP contribution in [0.2, 0.25) is 0 Å². The topological polar surface area (TPSA) is 84.3 Å². The maximum Gasteiger partial charge on any atom is 0.336 e. The molecule has 0 saturated heterocycles. The van der Waals surface area contributed by atoms with Gasteiger partial charge in [-0.15, -0.1) is 0 Å². The van der Waals surface area contributed by atoms with Crippen LogP contribution in [0, 0.1) is 0 Å². The molecule has 3 aromatic rings. The summed E-state index contributed by atoms with van der Waals surface area (Å²) in [6.07, 6.45) is 2.12. The quantitative estimate of drug-likeness (QED) is 0.695. The van der Waals surface area contributed by atoms with Crippen LogP contribution in [-0.2, 0) is 6.42 Å². The Morgan fingerprint density at radius 2 is 1.96 bits per heavy atom. The van der Waals surface area contributed by atoms with E-state index in [1.165, 1.54) is 6.33 Å². The SMILES string of the molecule is CCc1ccc(Nc2cc(-c3ccccc3OC)ncn2)cc1C(=O)O. The second kappa shape index (κ2) is 7.65. The second-order valence-corrected chi connectivity index (χ2v) is 5.64. The largest absolute Gasteiger partial charge is 0.496 e. The van der Waals surface area contributed by atoms with Gasteiger partial charge >= 0.3 is 5.97 Å². The van der Waals surface area contributed by atoms with Crippen molar-refractivity contribution in [1.29, 1.82) is 0 Å². The van der Waals surface area contributed by atoms with Crippen LogP contribution in [-0.4, -0.2) is 28.2 Å². The number of nitrogens with zero attached hydrogens (tertiary/aromatic N) is 2. The van der Waals surface area contributed by atoms with E-state index < -0.39 is 5.97 Å². The lowest BCUT2D eigenvalue weighted by Gasteiger charge is -2.11. The van der Waals surface area contributed by atoms with Gasteiger partial charge in [-0.3, -0.25) is 0 Å². The molecule has 0 aliphatic carbocycles. The van der Waals surface area contributed by atoms with Crippen LogP contribution in [0.4, 0.5) is 11.5 Å². The summed E-state index contributed by atoms with van der Waals surface area (Å²) in [5.41, 5.74) is 3.30. The van der Waals surface area contributed by atoms with Crippen LogP contribution in [0.3, 0.4) is 0 Å². The van der Waals surface area contributed by atoms with Gasteiger partial charge in [-0.05, 0) is 36.2 Å². The first-order valence-electron chi connectivity index (χ1n) is 8.21. The number of carboxylic acid groups (broad SMARTS) is 1. The number of aromatic carboxylic acids is 1. The highest BCUT2D eigenvalue weighted by Crippen LogP contribution is 2.29. The predicted molar refractivity (Wildman–Crippen MR) is 100 cm³/mol. The van der Waals surface area contributed by atoms with Crippen molar-refractivity contribution < 1.29 is 14.6 Å². The Morgan fingerprint density at radius 3 is 2.69 bits per heavy atom. The summed E-state index contributed by atoms with van der Waals surface area (Å²) in [6.45, 7) is 1.93. The summed E-state index contributed by atoms with van der Waals surface area (Å²) in [6, 6.07) is 14.7. The second-order valence-electron chi connectivity index (χ2n) is 5.64. The third kappa shape index (κ3) is 3.64. The first-order chi connectivity index (χ1) is 12.6. The van der Waals surface area contributed by atoms with Gasteiger partial charge in [0.05, 0.1) is 18.4 Å². The highest BCUT2D eigenvalue weighted by molar-refractivity contribution is 5.91. The van der Waals surface area contributed by atoms with Gasteiger partial charge in [0.2, 0.25) is 0 Å². The molecule has 1 aromatic heterocycles. The average Bonchev–Trinajstić information content (AvgIpc) is 2.68. The minimum absolute atomic E-state index is 0.288. The van der Waals surface area contributed by atoms with E-state index in [0.29, 0.717) is 23.6 Å². The van der Waals surface area contributed by atoms with Crippen LogP contribution < -0.4 is 10.1 Å². The molecule has 0 amide bonds. The molecule has 0 radical (unpaired) electrons. The van der Waals surface area contributed by atoms with E-state index in [4.69, 9.17) is 4.74 Å². The molecule has 0 unspecified atom stereocenters. The summed E-state index contributed by atoms with van der Waals surface area (Å²) in [4.78, 5) is 20.0. The van der Waals surface area contributed by atoms with Gasteiger partial charge in [0.1, 0.15) is 17.9 Å². The van der Waals surface area contributed by atoms with Crippen LogP contribution in [0.5, 0.6) is 5.75 Å². The third-order valence-electron chi connectivity index (χ3n) is 4.04. The first-order valence-corrected chi connectivity index (χ1v) is 8.21. The van der Waals surface area contributed by atoms with Gasteiger partial charge < -0.3 is 15.2 Å². The van der Waals surface area contributed by atoms with Crippen molar-refractivity contribution >= 4 is 17.5 Å². The van der Waals surface area contributed by atoms with E-state index in [-0.39, 0.29) is 5.56 Å². The van der Waals surface area contributed by atoms with Crippen molar-refractivity contribution in [3.63, 3.8) is 0 Å². The number of methoxy groups -OCH3 is 1. The van der Waals surface area contributed by atoms with Crippen molar-refractivity contribution in [1.82, 2.24) is 9.97 Å². The molecule has 1 heterocycles. The zero-order chi connectivity index (χ0) is 18.5. The molecular formula is C20H19N3O3. The number of ether oxygens (including phenoxy) is 1. The van der Waals surface area contributed by atoms with E-state index >= 15 is 0 Å². The molecule has 0 aliphatic rings. The maximum atomic E-state index is 11.4. The molecule has 0 bridgehead atoms. The molecule has 6 heteroatoms. The number of rotatable bonds is 6. The number of aryl methyl sites for hydroxylation is 1. The van der Waals surface area contributed by atoms with Gasteiger partial charge in [-0.1, -0.05) is 25.1 Å². The Hall–Kier alpha value is -3.41. The molecule has 132 valence electrons. The van der Waals surface area contributed by atoms with Crippen molar-refractivity contribution in [2.75, 3.05) is 12.4 Å². The summed E-state index contributed by atoms with van der Waals surface area (Å²) in [5, 5.41) is 12.5. The molecule has 0 spiro atoms. The summed E-state index contributed by atoms with van der Waals surface area (Å²) in [5.74, 6) is 0.349. The number of benzene rings is 2. The van der Waals surface area contributed by atoms with Crippen LogP contribution in [0.15, 0.2) is 54.9 Å². The van der Waals surface area contributed by atoms with Gasteiger partial charge in [-0.2, -0.15) is 0 Å². The first kappa shape index (κ1) is 17.4. The molecule has 0 saturated carbocycles. The monoisotopic (exact) mass is 349 g/mol. The Balaban J connectivity index is 1.92. The lowest BCUT2D eigenvalue weighted by atomic mass is 10.0. The Labute approximate surface area is 151 Å². The molecule has 0 fully saturated rings. The average molecular weight is 349 g/mol. The molecule has 2 aromatic carbocycles. The van der Waals surface area contributed by atoms with E-state index in [0.717, 1.165) is 16.9 Å². The Morgan fingerprint density at radius 1 is 1.15 bits per heavy atom. The fourth-order valence-electron chi connectivity index (χ4n) is 2.74. The summed E-state index contributed by atoms with van der Waals surface area (Å²) >= 11 is 0. The molecule has 26 heavy (non-hydrogen) atoms. The predicted octanol–water partition coefficient (Wildman–Crippen LogP) is 4.16. The van der Waals surface area contributed by atoms with E-state index in [1.54, 1.807) is 19.2 Å². The van der Waals surface area contributed by atoms with E-state index in [9.17, 15) is 9.90 Å². The number of nitrogens with one attached hydrogen (secondary N) is 1. The fraction of sp³-hybridized carbons (Fsp3) is 0.150. The van der Waals surface area contributed by atoms with Crippen molar-refractivity contribution in [2.24, 2.45) is 0 Å². The number of hydrogen-bond acceptors (Lipinski definition) is 5. The number of aromatic nitrogens is 2. The Bertz CT molecular complexity index is 941. The molecule has 0 atom stereocenters. The molecule has 6 nitrogen and oxygen atoms in total. The van der Waals surface area contributed by atoms with Gasteiger partial charge in [-0.25, -0.2) is 14.8 Å².